The van der Waals surface area contributed by atoms with Crippen molar-refractivity contribution in [1.29, 1.82) is 0 Å². The molecule has 1 aromatic carbocycles. The van der Waals surface area contributed by atoms with E-state index in [1.807, 2.05) is 0 Å². The smallest absolute Gasteiger partial charge is 0.384 e. The topological polar surface area (TPSA) is 90.3 Å². The van der Waals surface area contributed by atoms with Crippen molar-refractivity contribution in [3.05, 3.63) is 61.8 Å². The van der Waals surface area contributed by atoms with Crippen molar-refractivity contribution >= 4 is 11.6 Å². The number of anilines is 1. The lowest BCUT2D eigenvalue weighted by molar-refractivity contribution is -0.137. The van der Waals surface area contributed by atoms with Crippen molar-refractivity contribution < 1.29 is 18.0 Å². The lowest BCUT2D eigenvalue weighted by Gasteiger charge is -2.17. The fourth-order valence-corrected chi connectivity index (χ4v) is 2.61. The molecular formula is C17H19F3N4O3. The van der Waals surface area contributed by atoms with E-state index in [0.29, 0.717) is 5.56 Å². The minimum Gasteiger partial charge on any atom is -0.384 e. The maximum absolute atomic E-state index is 12.6. The number of nitrogens with two attached hydrogens (primary N) is 1. The van der Waals surface area contributed by atoms with Crippen LogP contribution in [0.1, 0.15) is 21.5 Å². The van der Waals surface area contributed by atoms with E-state index in [1.165, 1.54) is 31.1 Å². The van der Waals surface area contributed by atoms with Crippen LogP contribution in [0.2, 0.25) is 0 Å². The molecule has 0 amide bonds. The number of hydrogen-bond donors (Lipinski definition) is 1. The summed E-state index contributed by atoms with van der Waals surface area (Å²) in [4.78, 5) is 38.0. The number of nitrogens with zero attached hydrogens (tertiary/aromatic N) is 3. The van der Waals surface area contributed by atoms with Crippen LogP contribution in [-0.2, 0) is 26.8 Å². The number of aromatic nitrogens is 2. The van der Waals surface area contributed by atoms with Gasteiger partial charge in [0.1, 0.15) is 11.4 Å². The van der Waals surface area contributed by atoms with Crippen molar-refractivity contribution in [3.63, 3.8) is 0 Å². The standard InChI is InChI=1S/C17H19F3N4O3/c1-22(8-10-4-6-11(7-5-10)17(18,19)20)9-12(25)13-14(21)23(2)16(27)24(3)15(13)26/h4-7H,8-9,21H2,1-3H3. The predicted octanol–water partition coefficient (Wildman–Crippen LogP) is 1.000. The molecular weight excluding hydrogens is 365 g/mol. The molecule has 0 radical (unpaired) electrons. The summed E-state index contributed by atoms with van der Waals surface area (Å²) in [6, 6.07) is 4.57. The summed E-state index contributed by atoms with van der Waals surface area (Å²) in [7, 11) is 4.17. The van der Waals surface area contributed by atoms with Crippen LogP contribution in [0.25, 0.3) is 0 Å². The predicted molar refractivity (Wildman–Crippen MR) is 93.4 cm³/mol. The van der Waals surface area contributed by atoms with E-state index >= 15 is 0 Å². The van der Waals surface area contributed by atoms with Crippen molar-refractivity contribution in [2.75, 3.05) is 19.3 Å². The monoisotopic (exact) mass is 384 g/mol. The van der Waals surface area contributed by atoms with E-state index in [0.717, 1.165) is 21.3 Å². The molecule has 0 fully saturated rings. The van der Waals surface area contributed by atoms with Crippen LogP contribution in [-0.4, -0.2) is 33.4 Å². The molecule has 27 heavy (non-hydrogen) atoms. The Morgan fingerprint density at radius 1 is 1.11 bits per heavy atom. The summed E-state index contributed by atoms with van der Waals surface area (Å²) >= 11 is 0. The molecule has 0 bridgehead atoms. The van der Waals surface area contributed by atoms with Crippen molar-refractivity contribution in [2.24, 2.45) is 14.1 Å². The van der Waals surface area contributed by atoms with Gasteiger partial charge < -0.3 is 5.73 Å². The normalized spacial score (nSPS) is 11.8. The van der Waals surface area contributed by atoms with Gasteiger partial charge in [-0.3, -0.25) is 23.6 Å². The van der Waals surface area contributed by atoms with E-state index in [1.54, 1.807) is 7.05 Å². The molecule has 0 atom stereocenters. The maximum Gasteiger partial charge on any atom is 0.416 e. The van der Waals surface area contributed by atoms with E-state index in [4.69, 9.17) is 5.73 Å². The molecule has 0 aliphatic heterocycles. The highest BCUT2D eigenvalue weighted by Crippen LogP contribution is 2.29. The zero-order valence-electron chi connectivity index (χ0n) is 15.0. The highest BCUT2D eigenvalue weighted by molar-refractivity contribution is 6.01. The second-order valence-corrected chi connectivity index (χ2v) is 6.26. The van der Waals surface area contributed by atoms with Crippen LogP contribution < -0.4 is 17.0 Å². The molecule has 1 aromatic heterocycles. The number of likely N-dealkylation sites (N-methyl/N-ethyl adjacent to an activating group) is 1. The third-order valence-corrected chi connectivity index (χ3v) is 4.14. The van der Waals surface area contributed by atoms with Gasteiger partial charge in [-0.05, 0) is 24.7 Å². The van der Waals surface area contributed by atoms with Gasteiger partial charge in [0.05, 0.1) is 12.1 Å². The Bertz CT molecular complexity index is 975. The summed E-state index contributed by atoms with van der Waals surface area (Å²) in [5.74, 6) is -0.811. The van der Waals surface area contributed by atoms with Crippen molar-refractivity contribution in [2.45, 2.75) is 12.7 Å². The quantitative estimate of drug-likeness (QED) is 0.777. The molecule has 7 nitrogen and oxygen atoms in total. The van der Waals surface area contributed by atoms with E-state index in [-0.39, 0.29) is 24.5 Å². The number of ketones is 1. The Kier molecular flexibility index (Phi) is 5.59. The first kappa shape index (κ1) is 20.4. The Hall–Kier alpha value is -2.88. The molecule has 2 rings (SSSR count). The fourth-order valence-electron chi connectivity index (χ4n) is 2.61. The molecule has 0 saturated heterocycles. The number of benzene rings is 1. The van der Waals surface area contributed by atoms with Crippen molar-refractivity contribution in [3.8, 4) is 0 Å². The van der Waals surface area contributed by atoms with Gasteiger partial charge in [-0.15, -0.1) is 0 Å². The van der Waals surface area contributed by atoms with Gasteiger partial charge in [0.15, 0.2) is 5.78 Å². The highest BCUT2D eigenvalue weighted by atomic mass is 19.4. The van der Waals surface area contributed by atoms with Gasteiger partial charge in [-0.25, -0.2) is 4.79 Å². The van der Waals surface area contributed by atoms with Crippen LogP contribution in [0.4, 0.5) is 19.0 Å². The molecule has 1 heterocycles. The zero-order valence-corrected chi connectivity index (χ0v) is 15.0. The molecule has 0 saturated carbocycles. The summed E-state index contributed by atoms with van der Waals surface area (Å²) in [6.45, 7) is -0.00543. The lowest BCUT2D eigenvalue weighted by Crippen LogP contribution is -2.43. The summed E-state index contributed by atoms with van der Waals surface area (Å²) in [5, 5.41) is 0. The van der Waals surface area contributed by atoms with Crippen LogP contribution >= 0.6 is 0 Å². The second kappa shape index (κ2) is 7.39. The van der Waals surface area contributed by atoms with Gasteiger partial charge >= 0.3 is 11.9 Å². The zero-order chi connectivity index (χ0) is 20.5. The fraction of sp³-hybridized carbons (Fsp3) is 0.353. The van der Waals surface area contributed by atoms with Crippen LogP contribution in [0.15, 0.2) is 33.9 Å². The van der Waals surface area contributed by atoms with Gasteiger partial charge in [0, 0.05) is 20.6 Å². The van der Waals surface area contributed by atoms with Crippen molar-refractivity contribution in [1.82, 2.24) is 14.0 Å². The molecule has 0 unspecified atom stereocenters. The van der Waals surface area contributed by atoms with E-state index in [2.05, 4.69) is 0 Å². The van der Waals surface area contributed by atoms with Gasteiger partial charge in [0.25, 0.3) is 5.56 Å². The number of nitrogen functional groups attached to an aromatic ring is 1. The van der Waals surface area contributed by atoms with Gasteiger partial charge in [-0.1, -0.05) is 12.1 Å². The number of hydrogen-bond acceptors (Lipinski definition) is 5. The number of alkyl halides is 3. The first-order valence-corrected chi connectivity index (χ1v) is 7.86. The molecule has 10 heteroatoms. The number of rotatable bonds is 5. The number of carbonyl (C=O) groups is 1. The lowest BCUT2D eigenvalue weighted by atomic mass is 10.1. The Balaban J connectivity index is 2.17. The number of carbonyl (C=O) groups excluding carboxylic acids is 1. The SMILES string of the molecule is CN(CC(=O)c1c(N)n(C)c(=O)n(C)c1=O)Cc1ccc(C(F)(F)F)cc1. The molecule has 0 spiro atoms. The Morgan fingerprint density at radius 2 is 1.67 bits per heavy atom. The summed E-state index contributed by atoms with van der Waals surface area (Å²) in [6.07, 6.45) is -4.42. The summed E-state index contributed by atoms with van der Waals surface area (Å²) < 4.78 is 39.6. The van der Waals surface area contributed by atoms with Crippen LogP contribution in [0.3, 0.4) is 0 Å². The van der Waals surface area contributed by atoms with E-state index in [9.17, 15) is 27.6 Å². The Morgan fingerprint density at radius 3 is 2.19 bits per heavy atom. The minimum atomic E-state index is -4.42. The van der Waals surface area contributed by atoms with Crippen LogP contribution in [0, 0.1) is 0 Å². The average molecular weight is 384 g/mol. The molecule has 2 aromatic rings. The largest absolute Gasteiger partial charge is 0.416 e. The third-order valence-electron chi connectivity index (χ3n) is 4.14. The molecule has 146 valence electrons. The van der Waals surface area contributed by atoms with Crippen LogP contribution in [0.5, 0.6) is 0 Å². The molecule has 0 aliphatic carbocycles. The van der Waals surface area contributed by atoms with E-state index < -0.39 is 28.8 Å². The van der Waals surface area contributed by atoms with Gasteiger partial charge in [0.2, 0.25) is 0 Å². The maximum atomic E-state index is 12.6. The second-order valence-electron chi connectivity index (χ2n) is 6.26. The first-order valence-electron chi connectivity index (χ1n) is 7.86. The Labute approximate surface area is 152 Å². The minimum absolute atomic E-state index is 0.190. The highest BCUT2D eigenvalue weighted by Gasteiger charge is 2.30. The third kappa shape index (κ3) is 4.27. The first-order chi connectivity index (χ1) is 12.4. The molecule has 0 aliphatic rings. The number of Topliss-reactive ketones (excluding diaryl/α,β-unsaturated/α-hetero) is 1. The summed E-state index contributed by atoms with van der Waals surface area (Å²) in [5.41, 5.74) is 3.83. The van der Waals surface area contributed by atoms with Gasteiger partial charge in [-0.2, -0.15) is 13.2 Å². The molecule has 2 N–H and O–H groups in total. The average Bonchev–Trinajstić information content (AvgIpc) is 2.58. The number of halogens is 3.